The van der Waals surface area contributed by atoms with Gasteiger partial charge in [-0.15, -0.1) is 0 Å². The van der Waals surface area contributed by atoms with E-state index in [1.807, 2.05) is 12.1 Å². The van der Waals surface area contributed by atoms with Gasteiger partial charge < -0.3 is 9.84 Å². The van der Waals surface area contributed by atoms with Crippen LogP contribution in [0.4, 0.5) is 0 Å². The number of aliphatic hydroxyl groups excluding tert-OH is 1. The maximum atomic E-state index is 11.0. The van der Waals surface area contributed by atoms with Gasteiger partial charge in [0.15, 0.2) is 9.84 Å². The lowest BCUT2D eigenvalue weighted by molar-refractivity contribution is 0.156. The molecule has 1 aliphatic carbocycles. The zero-order valence-corrected chi connectivity index (χ0v) is 11.2. The summed E-state index contributed by atoms with van der Waals surface area (Å²) in [4.78, 5) is 0. The minimum atomic E-state index is -2.99. The highest BCUT2D eigenvalue weighted by Crippen LogP contribution is 2.31. The van der Waals surface area contributed by atoms with Gasteiger partial charge in [0.2, 0.25) is 0 Å². The molecule has 1 aromatic carbocycles. The molecule has 1 atom stereocenters. The van der Waals surface area contributed by atoms with Gasteiger partial charge in [0.25, 0.3) is 0 Å². The first kappa shape index (κ1) is 13.4. The first-order chi connectivity index (χ1) is 8.46. The summed E-state index contributed by atoms with van der Waals surface area (Å²) < 4.78 is 27.4. The fourth-order valence-corrected chi connectivity index (χ4v) is 2.55. The molecular weight excluding hydrogens is 252 g/mol. The molecule has 0 spiro atoms. The van der Waals surface area contributed by atoms with Crippen LogP contribution in [0.5, 0.6) is 5.75 Å². The summed E-state index contributed by atoms with van der Waals surface area (Å²) in [6, 6.07) is 5.56. The van der Waals surface area contributed by atoms with Crippen LogP contribution in [0.1, 0.15) is 30.1 Å². The van der Waals surface area contributed by atoms with Gasteiger partial charge >= 0.3 is 0 Å². The Balaban J connectivity index is 2.03. The normalized spacial score (nSPS) is 19.3. The number of sulfone groups is 1. The highest BCUT2D eigenvalue weighted by Gasteiger charge is 2.18. The van der Waals surface area contributed by atoms with Gasteiger partial charge in [-0.1, -0.05) is 6.07 Å². The van der Waals surface area contributed by atoms with Crippen LogP contribution < -0.4 is 4.74 Å². The molecule has 2 rings (SSSR count). The second-order valence-electron chi connectivity index (χ2n) is 4.75. The third kappa shape index (κ3) is 3.46. The van der Waals surface area contributed by atoms with Crippen molar-refractivity contribution in [3.8, 4) is 5.75 Å². The second-order valence-corrected chi connectivity index (χ2v) is 7.01. The van der Waals surface area contributed by atoms with Gasteiger partial charge in [-0.25, -0.2) is 8.42 Å². The Hall–Kier alpha value is -1.07. The summed E-state index contributed by atoms with van der Waals surface area (Å²) >= 11 is 0. The summed E-state index contributed by atoms with van der Waals surface area (Å²) in [6.07, 6.45) is 3.54. The van der Waals surface area contributed by atoms with Crippen molar-refractivity contribution in [3.05, 3.63) is 29.3 Å². The van der Waals surface area contributed by atoms with Crippen molar-refractivity contribution in [2.75, 3.05) is 18.6 Å². The van der Waals surface area contributed by atoms with Crippen LogP contribution >= 0.6 is 0 Å². The molecule has 18 heavy (non-hydrogen) atoms. The van der Waals surface area contributed by atoms with Gasteiger partial charge in [0.1, 0.15) is 12.4 Å². The maximum Gasteiger partial charge on any atom is 0.150 e. The molecular formula is C13H18O4S. The molecule has 1 N–H and O–H groups in total. The first-order valence-electron chi connectivity index (χ1n) is 6.07. The Morgan fingerprint density at radius 1 is 1.44 bits per heavy atom. The van der Waals surface area contributed by atoms with E-state index in [4.69, 9.17) is 4.74 Å². The standard InChI is InChI=1S/C13H18O4S/c1-18(15,16)8-7-17-11-5-6-12-10(9-11)3-2-4-13(12)14/h5-6,9,13-14H,2-4,7-8H2,1H3. The van der Waals surface area contributed by atoms with Gasteiger partial charge in [0.05, 0.1) is 11.9 Å². The maximum absolute atomic E-state index is 11.0. The predicted molar refractivity (Wildman–Crippen MR) is 69.5 cm³/mol. The smallest absolute Gasteiger partial charge is 0.150 e. The van der Waals surface area contributed by atoms with Crippen LogP contribution in [0.15, 0.2) is 18.2 Å². The molecule has 0 aliphatic heterocycles. The van der Waals surface area contributed by atoms with E-state index in [2.05, 4.69) is 0 Å². The van der Waals surface area contributed by atoms with Crippen molar-refractivity contribution in [1.29, 1.82) is 0 Å². The molecule has 0 saturated carbocycles. The number of ether oxygens (including phenoxy) is 1. The van der Waals surface area contributed by atoms with Gasteiger partial charge in [0, 0.05) is 6.26 Å². The molecule has 5 heteroatoms. The van der Waals surface area contributed by atoms with E-state index < -0.39 is 9.84 Å². The lowest BCUT2D eigenvalue weighted by Crippen LogP contribution is -2.13. The summed E-state index contributed by atoms with van der Waals surface area (Å²) in [5, 5.41) is 9.81. The highest BCUT2D eigenvalue weighted by atomic mass is 32.2. The van der Waals surface area contributed by atoms with E-state index in [9.17, 15) is 13.5 Å². The van der Waals surface area contributed by atoms with Gasteiger partial charge in [-0.3, -0.25) is 0 Å². The second kappa shape index (κ2) is 5.28. The lowest BCUT2D eigenvalue weighted by Gasteiger charge is -2.21. The molecule has 0 amide bonds. The zero-order chi connectivity index (χ0) is 13.2. The van der Waals surface area contributed by atoms with Crippen LogP contribution in [0.25, 0.3) is 0 Å². The summed E-state index contributed by atoms with van der Waals surface area (Å²) in [6.45, 7) is 0.167. The quantitative estimate of drug-likeness (QED) is 0.900. The fraction of sp³-hybridized carbons (Fsp3) is 0.538. The number of aliphatic hydroxyl groups is 1. The van der Waals surface area contributed by atoms with E-state index >= 15 is 0 Å². The number of fused-ring (bicyclic) bond motifs is 1. The van der Waals surface area contributed by atoms with E-state index in [-0.39, 0.29) is 18.5 Å². The molecule has 100 valence electrons. The Labute approximate surface area is 108 Å². The fourth-order valence-electron chi connectivity index (χ4n) is 2.17. The first-order valence-corrected chi connectivity index (χ1v) is 8.13. The lowest BCUT2D eigenvalue weighted by atomic mass is 9.89. The van der Waals surface area contributed by atoms with Crippen molar-refractivity contribution in [2.45, 2.75) is 25.4 Å². The minimum absolute atomic E-state index is 0.0205. The van der Waals surface area contributed by atoms with E-state index in [1.165, 1.54) is 6.26 Å². The van der Waals surface area contributed by atoms with Crippen LogP contribution in [0.2, 0.25) is 0 Å². The molecule has 0 fully saturated rings. The molecule has 0 radical (unpaired) electrons. The molecule has 0 aromatic heterocycles. The van der Waals surface area contributed by atoms with Crippen molar-refractivity contribution in [2.24, 2.45) is 0 Å². The Morgan fingerprint density at radius 2 is 2.22 bits per heavy atom. The topological polar surface area (TPSA) is 63.6 Å². The molecule has 1 aromatic rings. The van der Waals surface area contributed by atoms with Crippen molar-refractivity contribution in [1.82, 2.24) is 0 Å². The van der Waals surface area contributed by atoms with Crippen molar-refractivity contribution in [3.63, 3.8) is 0 Å². The Kier molecular flexibility index (Phi) is 3.92. The number of hydrogen-bond acceptors (Lipinski definition) is 4. The Morgan fingerprint density at radius 3 is 2.94 bits per heavy atom. The average Bonchev–Trinajstić information content (AvgIpc) is 2.27. The number of rotatable bonds is 4. The molecule has 1 unspecified atom stereocenters. The largest absolute Gasteiger partial charge is 0.493 e. The zero-order valence-electron chi connectivity index (χ0n) is 10.4. The van der Waals surface area contributed by atoms with E-state index in [1.54, 1.807) is 6.07 Å². The van der Waals surface area contributed by atoms with Crippen LogP contribution in [0.3, 0.4) is 0 Å². The van der Waals surface area contributed by atoms with E-state index in [0.717, 1.165) is 30.4 Å². The molecule has 0 heterocycles. The summed E-state index contributed by atoms with van der Waals surface area (Å²) in [7, 11) is -2.99. The number of hydrogen-bond donors (Lipinski definition) is 1. The predicted octanol–water partition coefficient (Wildman–Crippen LogP) is 1.48. The third-order valence-corrected chi connectivity index (χ3v) is 4.03. The van der Waals surface area contributed by atoms with Crippen molar-refractivity contribution >= 4 is 9.84 Å². The summed E-state index contributed by atoms with van der Waals surface area (Å²) in [5.41, 5.74) is 2.07. The molecule has 4 nitrogen and oxygen atoms in total. The highest BCUT2D eigenvalue weighted by molar-refractivity contribution is 7.90. The molecule has 0 bridgehead atoms. The molecule has 0 saturated heterocycles. The SMILES string of the molecule is CS(=O)(=O)CCOc1ccc2c(c1)CCCC2O. The summed E-state index contributed by atoms with van der Waals surface area (Å²) in [5.74, 6) is 0.693. The van der Waals surface area contributed by atoms with Crippen LogP contribution in [-0.2, 0) is 16.3 Å². The van der Waals surface area contributed by atoms with Gasteiger partial charge in [-0.2, -0.15) is 0 Å². The third-order valence-electron chi connectivity index (χ3n) is 3.12. The molecule has 1 aliphatic rings. The number of benzene rings is 1. The number of aryl methyl sites for hydroxylation is 1. The van der Waals surface area contributed by atoms with Crippen LogP contribution in [-0.4, -0.2) is 32.1 Å². The van der Waals surface area contributed by atoms with Crippen molar-refractivity contribution < 1.29 is 18.3 Å². The monoisotopic (exact) mass is 270 g/mol. The average molecular weight is 270 g/mol. The Bertz CT molecular complexity index is 522. The van der Waals surface area contributed by atoms with Gasteiger partial charge in [-0.05, 0) is 42.5 Å². The van der Waals surface area contributed by atoms with E-state index in [0.29, 0.717) is 5.75 Å². The minimum Gasteiger partial charge on any atom is -0.493 e. The van der Waals surface area contributed by atoms with Crippen LogP contribution in [0, 0.1) is 0 Å².